The van der Waals surface area contributed by atoms with Gasteiger partial charge in [-0.25, -0.2) is 0 Å². The zero-order chi connectivity index (χ0) is 18.4. The Balaban J connectivity index is 1.46. The molecule has 3 rings (SSSR count). The van der Waals surface area contributed by atoms with Crippen LogP contribution in [0.3, 0.4) is 0 Å². The molecule has 26 heavy (non-hydrogen) atoms. The van der Waals surface area contributed by atoms with E-state index in [1.165, 1.54) is 0 Å². The number of rotatable bonds is 5. The summed E-state index contributed by atoms with van der Waals surface area (Å²) in [5.41, 5.74) is 6.70. The highest BCUT2D eigenvalue weighted by molar-refractivity contribution is 5.86. The van der Waals surface area contributed by atoms with Gasteiger partial charge >= 0.3 is 0 Å². The fourth-order valence-electron chi connectivity index (χ4n) is 2.61. The van der Waals surface area contributed by atoms with Gasteiger partial charge in [0.25, 0.3) is 5.91 Å². The Morgan fingerprint density at radius 2 is 1.62 bits per heavy atom. The first-order valence-electron chi connectivity index (χ1n) is 8.35. The average molecular weight is 348 g/mol. The number of carbonyl (C=O) groups excluding carboxylic acids is 2. The number of benzene rings is 3. The van der Waals surface area contributed by atoms with Crippen LogP contribution >= 0.6 is 0 Å². The third-order valence-electron chi connectivity index (χ3n) is 3.88. The summed E-state index contributed by atoms with van der Waals surface area (Å²) >= 11 is 0. The number of fused-ring (bicyclic) bond motifs is 1. The van der Waals surface area contributed by atoms with Crippen LogP contribution in [0.4, 0.5) is 0 Å². The molecule has 0 fully saturated rings. The lowest BCUT2D eigenvalue weighted by Crippen LogP contribution is -2.44. The van der Waals surface area contributed by atoms with Crippen LogP contribution in [0.25, 0.3) is 10.8 Å². The minimum atomic E-state index is -0.418. The molecule has 0 unspecified atom stereocenters. The molecule has 0 aliphatic heterocycles. The van der Waals surface area contributed by atoms with Crippen LogP contribution in [0, 0.1) is 6.92 Å². The van der Waals surface area contributed by atoms with Crippen molar-refractivity contribution in [3.63, 3.8) is 0 Å². The highest BCUT2D eigenvalue weighted by Gasteiger charge is 2.07. The van der Waals surface area contributed by atoms with Gasteiger partial charge in [-0.15, -0.1) is 0 Å². The summed E-state index contributed by atoms with van der Waals surface area (Å²) in [6, 6.07) is 21.2. The van der Waals surface area contributed by atoms with Crippen molar-refractivity contribution in [2.45, 2.75) is 13.3 Å². The van der Waals surface area contributed by atoms with E-state index >= 15 is 0 Å². The third kappa shape index (κ3) is 4.83. The number of hydrazine groups is 1. The fourth-order valence-corrected chi connectivity index (χ4v) is 2.61. The Labute approximate surface area is 152 Å². The molecule has 0 aromatic heterocycles. The summed E-state index contributed by atoms with van der Waals surface area (Å²) < 4.78 is 5.38. The molecule has 0 atom stereocenters. The second-order valence-corrected chi connectivity index (χ2v) is 6.06. The Hall–Kier alpha value is -3.34. The number of amides is 2. The second-order valence-electron chi connectivity index (χ2n) is 6.06. The predicted octanol–water partition coefficient (Wildman–Crippen LogP) is 2.92. The van der Waals surface area contributed by atoms with Gasteiger partial charge in [-0.2, -0.15) is 0 Å². The molecule has 2 N–H and O–H groups in total. The summed E-state index contributed by atoms with van der Waals surface area (Å²) in [6.45, 7) is 1.78. The Morgan fingerprint density at radius 3 is 2.42 bits per heavy atom. The van der Waals surface area contributed by atoms with Gasteiger partial charge in [0.1, 0.15) is 5.75 Å². The number of hydrogen-bond donors (Lipinski definition) is 2. The minimum absolute atomic E-state index is 0.167. The third-order valence-corrected chi connectivity index (χ3v) is 3.88. The predicted molar refractivity (Wildman–Crippen MR) is 101 cm³/mol. The summed E-state index contributed by atoms with van der Waals surface area (Å²) in [5.74, 6) is -0.0924. The molecule has 0 saturated carbocycles. The molecule has 5 nitrogen and oxygen atoms in total. The molecule has 3 aromatic rings. The molecule has 2 amide bonds. The van der Waals surface area contributed by atoms with Gasteiger partial charge in [-0.05, 0) is 41.0 Å². The van der Waals surface area contributed by atoms with Gasteiger partial charge in [0.15, 0.2) is 6.61 Å². The van der Waals surface area contributed by atoms with Gasteiger partial charge in [-0.3, -0.25) is 20.4 Å². The Kier molecular flexibility index (Phi) is 5.49. The van der Waals surface area contributed by atoms with Crippen molar-refractivity contribution in [2.24, 2.45) is 0 Å². The number of nitrogens with one attached hydrogen (secondary N) is 2. The lowest BCUT2D eigenvalue weighted by atomic mass is 10.1. The normalized spacial score (nSPS) is 10.3. The van der Waals surface area contributed by atoms with Crippen LogP contribution in [0.5, 0.6) is 5.75 Å². The number of carbonyl (C=O) groups is 2. The maximum Gasteiger partial charge on any atom is 0.276 e. The maximum atomic E-state index is 12.0. The first-order valence-corrected chi connectivity index (χ1v) is 8.35. The maximum absolute atomic E-state index is 12.0. The van der Waals surface area contributed by atoms with E-state index in [1.54, 1.807) is 6.07 Å². The first-order chi connectivity index (χ1) is 12.6. The Bertz CT molecular complexity index is 937. The molecule has 3 aromatic carbocycles. The molecule has 0 bridgehead atoms. The van der Waals surface area contributed by atoms with Crippen LogP contribution in [0.15, 0.2) is 66.7 Å². The van der Waals surface area contributed by atoms with Crippen LogP contribution in [0.1, 0.15) is 11.1 Å². The van der Waals surface area contributed by atoms with E-state index < -0.39 is 5.91 Å². The molecule has 0 spiro atoms. The van der Waals surface area contributed by atoms with Gasteiger partial charge in [0.2, 0.25) is 5.91 Å². The van der Waals surface area contributed by atoms with Crippen LogP contribution in [-0.4, -0.2) is 18.4 Å². The van der Waals surface area contributed by atoms with E-state index in [-0.39, 0.29) is 18.9 Å². The van der Waals surface area contributed by atoms with E-state index in [1.807, 2.05) is 67.6 Å². The lowest BCUT2D eigenvalue weighted by molar-refractivity contribution is -0.129. The topological polar surface area (TPSA) is 67.4 Å². The molecule has 0 radical (unpaired) electrons. The summed E-state index contributed by atoms with van der Waals surface area (Å²) in [7, 11) is 0. The van der Waals surface area contributed by atoms with Gasteiger partial charge in [0, 0.05) is 0 Å². The molecule has 0 heterocycles. The summed E-state index contributed by atoms with van der Waals surface area (Å²) in [5, 5.41) is 2.20. The highest BCUT2D eigenvalue weighted by atomic mass is 16.5. The second kappa shape index (κ2) is 8.16. The molecule has 0 aliphatic carbocycles. The molecule has 0 saturated heterocycles. The summed E-state index contributed by atoms with van der Waals surface area (Å²) in [4.78, 5) is 23.8. The van der Waals surface area contributed by atoms with Crippen molar-refractivity contribution in [3.05, 3.63) is 77.9 Å². The SMILES string of the molecule is Cc1cccc(OCC(=O)NNC(=O)Cc2ccc3ccccc3c2)c1. The quantitative estimate of drug-likeness (QED) is 0.697. The van der Waals surface area contributed by atoms with Crippen LogP contribution in [0.2, 0.25) is 0 Å². The molecule has 132 valence electrons. The zero-order valence-corrected chi connectivity index (χ0v) is 14.5. The average Bonchev–Trinajstić information content (AvgIpc) is 2.65. The van der Waals surface area contributed by atoms with Crippen molar-refractivity contribution in [1.29, 1.82) is 0 Å². The van der Waals surface area contributed by atoms with Gasteiger partial charge in [0.05, 0.1) is 6.42 Å². The summed E-state index contributed by atoms with van der Waals surface area (Å²) in [6.07, 6.45) is 0.184. The van der Waals surface area contributed by atoms with E-state index in [2.05, 4.69) is 10.9 Å². The molecule has 5 heteroatoms. The molecular formula is C21H20N2O3. The molecule has 0 aliphatic rings. The standard InChI is InChI=1S/C21H20N2O3/c1-15-5-4-8-19(11-15)26-14-21(25)23-22-20(24)13-16-9-10-17-6-2-3-7-18(17)12-16/h2-12H,13-14H2,1H3,(H,22,24)(H,23,25). The minimum Gasteiger partial charge on any atom is -0.484 e. The van der Waals surface area contributed by atoms with Gasteiger partial charge in [-0.1, -0.05) is 54.6 Å². The lowest BCUT2D eigenvalue weighted by Gasteiger charge is -2.09. The largest absolute Gasteiger partial charge is 0.484 e. The van der Waals surface area contributed by atoms with Crippen molar-refractivity contribution in [3.8, 4) is 5.75 Å². The fraction of sp³-hybridized carbons (Fsp3) is 0.143. The van der Waals surface area contributed by atoms with Gasteiger partial charge < -0.3 is 4.74 Å². The first kappa shape index (κ1) is 17.5. The Morgan fingerprint density at radius 1 is 0.846 bits per heavy atom. The van der Waals surface area contributed by atoms with Crippen molar-refractivity contribution >= 4 is 22.6 Å². The van der Waals surface area contributed by atoms with Crippen LogP contribution in [-0.2, 0) is 16.0 Å². The van der Waals surface area contributed by atoms with Crippen molar-refractivity contribution in [1.82, 2.24) is 10.9 Å². The number of hydrogen-bond acceptors (Lipinski definition) is 3. The molecular weight excluding hydrogens is 328 g/mol. The van der Waals surface area contributed by atoms with E-state index in [9.17, 15) is 9.59 Å². The van der Waals surface area contributed by atoms with Crippen LogP contribution < -0.4 is 15.6 Å². The van der Waals surface area contributed by atoms with Crippen molar-refractivity contribution in [2.75, 3.05) is 6.61 Å². The van der Waals surface area contributed by atoms with E-state index in [0.717, 1.165) is 21.9 Å². The number of ether oxygens (including phenoxy) is 1. The highest BCUT2D eigenvalue weighted by Crippen LogP contribution is 2.16. The smallest absolute Gasteiger partial charge is 0.276 e. The number of aryl methyl sites for hydroxylation is 1. The zero-order valence-electron chi connectivity index (χ0n) is 14.5. The monoisotopic (exact) mass is 348 g/mol. The van der Waals surface area contributed by atoms with Crippen molar-refractivity contribution < 1.29 is 14.3 Å². The van der Waals surface area contributed by atoms with E-state index in [0.29, 0.717) is 5.75 Å². The van der Waals surface area contributed by atoms with E-state index in [4.69, 9.17) is 4.74 Å².